The van der Waals surface area contributed by atoms with Gasteiger partial charge in [-0.15, -0.1) is 0 Å². The standard InChI is InChI=1S/C11H13ClN2O/c1-3-8-11(15)14-9-5-7(12)4-6(2)10(9)13-8/h4-5,8,13H,3H2,1-2H3,(H,14,15). The third-order valence-corrected chi connectivity index (χ3v) is 2.82. The Hall–Kier alpha value is -1.22. The van der Waals surface area contributed by atoms with Gasteiger partial charge in [-0.3, -0.25) is 4.79 Å². The number of hydrogen-bond acceptors (Lipinski definition) is 2. The number of carbonyl (C=O) groups is 1. The Morgan fingerprint density at radius 3 is 2.87 bits per heavy atom. The Bertz CT molecular complexity index is 417. The van der Waals surface area contributed by atoms with Crippen LogP contribution in [-0.4, -0.2) is 11.9 Å². The molecule has 1 unspecified atom stereocenters. The van der Waals surface area contributed by atoms with E-state index in [2.05, 4.69) is 10.6 Å². The van der Waals surface area contributed by atoms with Crippen molar-refractivity contribution in [3.8, 4) is 0 Å². The number of aryl methyl sites for hydroxylation is 1. The fraction of sp³-hybridized carbons (Fsp3) is 0.364. The Balaban J connectivity index is 2.45. The number of rotatable bonds is 1. The lowest BCUT2D eigenvalue weighted by Gasteiger charge is -2.27. The maximum Gasteiger partial charge on any atom is 0.246 e. The molecule has 0 spiro atoms. The zero-order valence-electron chi connectivity index (χ0n) is 8.73. The fourth-order valence-corrected chi connectivity index (χ4v) is 2.05. The molecular weight excluding hydrogens is 212 g/mol. The van der Waals surface area contributed by atoms with Crippen molar-refractivity contribution in [2.24, 2.45) is 0 Å². The number of nitrogens with one attached hydrogen (secondary N) is 2. The minimum atomic E-state index is -0.141. The van der Waals surface area contributed by atoms with Gasteiger partial charge in [-0.2, -0.15) is 0 Å². The van der Waals surface area contributed by atoms with Crippen molar-refractivity contribution in [3.63, 3.8) is 0 Å². The van der Waals surface area contributed by atoms with Crippen molar-refractivity contribution in [3.05, 3.63) is 22.7 Å². The van der Waals surface area contributed by atoms with Gasteiger partial charge < -0.3 is 10.6 Å². The van der Waals surface area contributed by atoms with Gasteiger partial charge in [-0.1, -0.05) is 18.5 Å². The predicted octanol–water partition coefficient (Wildman–Crippen LogP) is 2.79. The minimum absolute atomic E-state index is 0.00617. The van der Waals surface area contributed by atoms with E-state index >= 15 is 0 Å². The molecule has 1 aromatic carbocycles. The van der Waals surface area contributed by atoms with Crippen LogP contribution < -0.4 is 10.6 Å². The Kier molecular flexibility index (Phi) is 2.57. The van der Waals surface area contributed by atoms with E-state index in [0.717, 1.165) is 23.4 Å². The molecule has 1 aliphatic rings. The number of carbonyl (C=O) groups excluding carboxylic acids is 1. The predicted molar refractivity (Wildman–Crippen MR) is 62.5 cm³/mol. The normalized spacial score (nSPS) is 19.1. The van der Waals surface area contributed by atoms with Crippen molar-refractivity contribution in [1.82, 2.24) is 0 Å². The monoisotopic (exact) mass is 224 g/mol. The molecule has 0 radical (unpaired) electrons. The third-order valence-electron chi connectivity index (χ3n) is 2.60. The summed E-state index contributed by atoms with van der Waals surface area (Å²) in [7, 11) is 0. The summed E-state index contributed by atoms with van der Waals surface area (Å²) in [6, 6.07) is 3.51. The van der Waals surface area contributed by atoms with E-state index in [9.17, 15) is 4.79 Å². The van der Waals surface area contributed by atoms with Gasteiger partial charge >= 0.3 is 0 Å². The van der Waals surface area contributed by atoms with Crippen LogP contribution in [0.1, 0.15) is 18.9 Å². The molecule has 0 aromatic heterocycles. The third kappa shape index (κ3) is 1.79. The minimum Gasteiger partial charge on any atom is -0.372 e. The molecule has 1 aliphatic heterocycles. The number of anilines is 2. The second-order valence-electron chi connectivity index (χ2n) is 3.74. The van der Waals surface area contributed by atoms with Crippen LogP contribution in [0.15, 0.2) is 12.1 Å². The molecule has 15 heavy (non-hydrogen) atoms. The molecule has 80 valence electrons. The van der Waals surface area contributed by atoms with Gasteiger partial charge in [0.25, 0.3) is 0 Å². The summed E-state index contributed by atoms with van der Waals surface area (Å²) < 4.78 is 0. The molecule has 3 nitrogen and oxygen atoms in total. The SMILES string of the molecule is CCC1Nc2c(C)cc(Cl)cc2NC1=O. The number of benzene rings is 1. The highest BCUT2D eigenvalue weighted by Gasteiger charge is 2.24. The Labute approximate surface area is 93.8 Å². The number of hydrogen-bond donors (Lipinski definition) is 2. The smallest absolute Gasteiger partial charge is 0.246 e. The Morgan fingerprint density at radius 1 is 1.47 bits per heavy atom. The van der Waals surface area contributed by atoms with Crippen molar-refractivity contribution < 1.29 is 4.79 Å². The maximum absolute atomic E-state index is 11.6. The van der Waals surface area contributed by atoms with E-state index in [1.165, 1.54) is 0 Å². The van der Waals surface area contributed by atoms with E-state index in [-0.39, 0.29) is 11.9 Å². The van der Waals surface area contributed by atoms with Crippen molar-refractivity contribution in [2.75, 3.05) is 10.6 Å². The second-order valence-corrected chi connectivity index (χ2v) is 4.18. The first kappa shape index (κ1) is 10.3. The summed E-state index contributed by atoms with van der Waals surface area (Å²) in [5.41, 5.74) is 2.80. The summed E-state index contributed by atoms with van der Waals surface area (Å²) in [4.78, 5) is 11.6. The van der Waals surface area contributed by atoms with E-state index < -0.39 is 0 Å². The van der Waals surface area contributed by atoms with Gasteiger partial charge in [0.2, 0.25) is 5.91 Å². The first-order valence-electron chi connectivity index (χ1n) is 4.99. The molecule has 0 fully saturated rings. The fourth-order valence-electron chi connectivity index (χ4n) is 1.78. The van der Waals surface area contributed by atoms with Crippen LogP contribution in [0.5, 0.6) is 0 Å². The topological polar surface area (TPSA) is 41.1 Å². The molecule has 0 aliphatic carbocycles. The number of halogens is 1. The van der Waals surface area contributed by atoms with Crippen LogP contribution in [0.2, 0.25) is 5.02 Å². The average molecular weight is 225 g/mol. The molecular formula is C11H13ClN2O. The maximum atomic E-state index is 11.6. The molecule has 1 atom stereocenters. The summed E-state index contributed by atoms with van der Waals surface area (Å²) in [5.74, 6) is 0.00617. The molecule has 2 N–H and O–H groups in total. The molecule has 0 saturated carbocycles. The highest BCUT2D eigenvalue weighted by atomic mass is 35.5. The summed E-state index contributed by atoms with van der Waals surface area (Å²) in [6.07, 6.45) is 0.771. The van der Waals surface area contributed by atoms with Crippen LogP contribution in [0, 0.1) is 6.92 Å². The van der Waals surface area contributed by atoms with Crippen molar-refractivity contribution in [1.29, 1.82) is 0 Å². The quantitative estimate of drug-likeness (QED) is 0.770. The van der Waals surface area contributed by atoms with E-state index in [1.807, 2.05) is 19.9 Å². The number of fused-ring (bicyclic) bond motifs is 1. The second kappa shape index (κ2) is 3.74. The van der Waals surface area contributed by atoms with Gasteiger partial charge in [-0.05, 0) is 31.0 Å². The van der Waals surface area contributed by atoms with Crippen molar-refractivity contribution in [2.45, 2.75) is 26.3 Å². The summed E-state index contributed by atoms with van der Waals surface area (Å²) in [5, 5.41) is 6.72. The van der Waals surface area contributed by atoms with Crippen LogP contribution in [0.4, 0.5) is 11.4 Å². The Morgan fingerprint density at radius 2 is 2.20 bits per heavy atom. The van der Waals surface area contributed by atoms with Crippen LogP contribution >= 0.6 is 11.6 Å². The zero-order chi connectivity index (χ0) is 11.0. The van der Waals surface area contributed by atoms with Crippen LogP contribution in [-0.2, 0) is 4.79 Å². The number of amides is 1. The summed E-state index contributed by atoms with van der Waals surface area (Å²) in [6.45, 7) is 3.95. The largest absolute Gasteiger partial charge is 0.372 e. The molecule has 1 amide bonds. The highest BCUT2D eigenvalue weighted by Crippen LogP contribution is 2.33. The first-order chi connectivity index (χ1) is 7.11. The summed E-state index contributed by atoms with van der Waals surface area (Å²) >= 11 is 5.92. The van der Waals surface area contributed by atoms with Gasteiger partial charge in [0.1, 0.15) is 6.04 Å². The van der Waals surface area contributed by atoms with Crippen LogP contribution in [0.3, 0.4) is 0 Å². The molecule has 2 rings (SSSR count). The highest BCUT2D eigenvalue weighted by molar-refractivity contribution is 6.31. The van der Waals surface area contributed by atoms with E-state index in [1.54, 1.807) is 6.07 Å². The molecule has 1 aromatic rings. The molecule has 0 saturated heterocycles. The van der Waals surface area contributed by atoms with Gasteiger partial charge in [-0.25, -0.2) is 0 Å². The first-order valence-corrected chi connectivity index (χ1v) is 5.37. The van der Waals surface area contributed by atoms with Crippen LogP contribution in [0.25, 0.3) is 0 Å². The molecule has 1 heterocycles. The molecule has 0 bridgehead atoms. The zero-order valence-corrected chi connectivity index (χ0v) is 9.48. The van der Waals surface area contributed by atoms with Gasteiger partial charge in [0.15, 0.2) is 0 Å². The lowest BCUT2D eigenvalue weighted by Crippen LogP contribution is -2.38. The van der Waals surface area contributed by atoms with E-state index in [4.69, 9.17) is 11.6 Å². The lowest BCUT2D eigenvalue weighted by molar-refractivity contribution is -0.117. The molecule has 4 heteroatoms. The van der Waals surface area contributed by atoms with Gasteiger partial charge in [0, 0.05) is 5.02 Å². The van der Waals surface area contributed by atoms with Crippen molar-refractivity contribution >= 4 is 28.9 Å². The van der Waals surface area contributed by atoms with E-state index in [0.29, 0.717) is 5.02 Å². The van der Waals surface area contributed by atoms with Gasteiger partial charge in [0.05, 0.1) is 11.4 Å². The average Bonchev–Trinajstić information content (AvgIpc) is 2.16. The lowest BCUT2D eigenvalue weighted by atomic mass is 10.1.